The van der Waals surface area contributed by atoms with Gasteiger partial charge in [-0.25, -0.2) is 13.2 Å². The number of thiophene rings is 1. The number of rotatable bonds is 5. The number of anilines is 1. The smallest absolute Gasteiger partial charge is 0.349 e. The van der Waals surface area contributed by atoms with E-state index in [2.05, 4.69) is 4.72 Å². The predicted octanol–water partition coefficient (Wildman–Crippen LogP) is 4.31. The van der Waals surface area contributed by atoms with Crippen LogP contribution >= 0.6 is 11.3 Å². The van der Waals surface area contributed by atoms with E-state index in [0.717, 1.165) is 22.5 Å². The summed E-state index contributed by atoms with van der Waals surface area (Å²) < 4.78 is 33.4. The second kappa shape index (κ2) is 7.31. The van der Waals surface area contributed by atoms with Gasteiger partial charge in [-0.2, -0.15) is 0 Å². The summed E-state index contributed by atoms with van der Waals surface area (Å²) in [5.74, 6) is -0.679. The highest BCUT2D eigenvalue weighted by Crippen LogP contribution is 2.36. The van der Waals surface area contributed by atoms with Crippen molar-refractivity contribution in [1.29, 1.82) is 0 Å². The topological polar surface area (TPSA) is 72.5 Å². The first-order valence-electron chi connectivity index (χ1n) is 7.77. The van der Waals surface area contributed by atoms with Gasteiger partial charge in [0.05, 0.1) is 7.11 Å². The maximum absolute atomic E-state index is 13.1. The van der Waals surface area contributed by atoms with E-state index in [1.165, 1.54) is 7.11 Å². The van der Waals surface area contributed by atoms with Gasteiger partial charge in [0, 0.05) is 16.6 Å². The molecule has 3 aromatic rings. The van der Waals surface area contributed by atoms with Gasteiger partial charge in [-0.05, 0) is 24.6 Å². The zero-order chi connectivity index (χ0) is 18.7. The van der Waals surface area contributed by atoms with Crippen molar-refractivity contribution < 1.29 is 17.9 Å². The van der Waals surface area contributed by atoms with Gasteiger partial charge in [-0.1, -0.05) is 48.0 Å². The molecule has 0 radical (unpaired) electrons. The summed E-state index contributed by atoms with van der Waals surface area (Å²) in [5.41, 5.74) is 2.67. The van der Waals surface area contributed by atoms with Crippen LogP contribution in [0.1, 0.15) is 15.2 Å². The molecule has 26 heavy (non-hydrogen) atoms. The van der Waals surface area contributed by atoms with Gasteiger partial charge in [-0.3, -0.25) is 4.72 Å². The average molecular weight is 387 g/mol. The summed E-state index contributed by atoms with van der Waals surface area (Å²) in [6.45, 7) is 1.95. The number of carbonyl (C=O) groups is 1. The zero-order valence-electron chi connectivity index (χ0n) is 14.2. The lowest BCUT2D eigenvalue weighted by Gasteiger charge is -2.11. The molecular weight excluding hydrogens is 370 g/mol. The number of carbonyl (C=O) groups excluding carboxylic acids is 1. The number of benzene rings is 2. The fourth-order valence-corrected chi connectivity index (χ4v) is 5.27. The Morgan fingerprint density at radius 3 is 2.31 bits per heavy atom. The van der Waals surface area contributed by atoms with Crippen molar-refractivity contribution in [1.82, 2.24) is 0 Å². The molecule has 0 aliphatic carbocycles. The van der Waals surface area contributed by atoms with Crippen LogP contribution in [-0.2, 0) is 14.8 Å². The molecule has 3 rings (SSSR count). The van der Waals surface area contributed by atoms with Crippen LogP contribution in [0.2, 0.25) is 0 Å². The third kappa shape index (κ3) is 3.63. The Morgan fingerprint density at radius 2 is 1.69 bits per heavy atom. The summed E-state index contributed by atoms with van der Waals surface area (Å²) in [7, 11) is -2.75. The van der Waals surface area contributed by atoms with Gasteiger partial charge in [-0.15, -0.1) is 11.3 Å². The minimum atomic E-state index is -3.99. The lowest BCUT2D eigenvalue weighted by Crippen LogP contribution is -2.16. The third-order valence-corrected chi connectivity index (χ3v) is 6.33. The van der Waals surface area contributed by atoms with Crippen molar-refractivity contribution in [2.45, 2.75) is 11.8 Å². The lowest BCUT2D eigenvalue weighted by atomic mass is 10.1. The van der Waals surface area contributed by atoms with Crippen LogP contribution in [0.5, 0.6) is 0 Å². The highest BCUT2D eigenvalue weighted by molar-refractivity contribution is 7.93. The molecule has 0 fully saturated rings. The normalized spacial score (nSPS) is 11.2. The highest BCUT2D eigenvalue weighted by atomic mass is 32.2. The molecule has 0 spiro atoms. The zero-order valence-corrected chi connectivity index (χ0v) is 15.9. The summed E-state index contributed by atoms with van der Waals surface area (Å²) in [5, 5.41) is 1.66. The standard InChI is InChI=1S/C19H17NO4S2/c1-13-8-10-14(11-9-13)16-12-25-17(19(21)24-2)18(16)26(22,23)20-15-6-4-3-5-7-15/h3-12,20H,1-2H3. The van der Waals surface area contributed by atoms with Crippen molar-refractivity contribution in [2.24, 2.45) is 0 Å². The Kier molecular flexibility index (Phi) is 5.11. The third-order valence-electron chi connectivity index (χ3n) is 3.77. The number of para-hydroxylation sites is 1. The van der Waals surface area contributed by atoms with E-state index >= 15 is 0 Å². The van der Waals surface area contributed by atoms with Gasteiger partial charge in [0.15, 0.2) is 0 Å². The molecule has 134 valence electrons. The Morgan fingerprint density at radius 1 is 1.04 bits per heavy atom. The van der Waals surface area contributed by atoms with Gasteiger partial charge in [0.1, 0.15) is 9.77 Å². The molecule has 0 bridgehead atoms. The quantitative estimate of drug-likeness (QED) is 0.662. The molecular formula is C19H17NO4S2. The minimum absolute atomic E-state index is 0.0477. The predicted molar refractivity (Wildman–Crippen MR) is 103 cm³/mol. The molecule has 0 amide bonds. The van der Waals surface area contributed by atoms with E-state index in [1.54, 1.807) is 35.7 Å². The van der Waals surface area contributed by atoms with Gasteiger partial charge >= 0.3 is 5.97 Å². The van der Waals surface area contributed by atoms with Crippen LogP contribution in [0.3, 0.4) is 0 Å². The monoisotopic (exact) mass is 387 g/mol. The largest absolute Gasteiger partial charge is 0.465 e. The second-order valence-corrected chi connectivity index (χ2v) is 8.14. The Labute approximate surface area is 156 Å². The molecule has 0 unspecified atom stereocenters. The minimum Gasteiger partial charge on any atom is -0.465 e. The number of esters is 1. The van der Waals surface area contributed by atoms with Crippen molar-refractivity contribution in [3.05, 3.63) is 70.4 Å². The van der Waals surface area contributed by atoms with E-state index in [-0.39, 0.29) is 9.77 Å². The van der Waals surface area contributed by atoms with Crippen LogP contribution in [-0.4, -0.2) is 21.5 Å². The molecule has 0 saturated carbocycles. The maximum atomic E-state index is 13.1. The number of hydrogen-bond donors (Lipinski definition) is 1. The number of aryl methyl sites for hydroxylation is 1. The maximum Gasteiger partial charge on any atom is 0.349 e. The average Bonchev–Trinajstić information content (AvgIpc) is 3.08. The fraction of sp³-hybridized carbons (Fsp3) is 0.105. The van der Waals surface area contributed by atoms with E-state index in [4.69, 9.17) is 4.74 Å². The Bertz CT molecular complexity index is 1020. The summed E-state index contributed by atoms with van der Waals surface area (Å²) in [6, 6.07) is 16.0. The highest BCUT2D eigenvalue weighted by Gasteiger charge is 2.29. The number of hydrogen-bond acceptors (Lipinski definition) is 5. The molecule has 7 heteroatoms. The Hall–Kier alpha value is -2.64. The van der Waals surface area contributed by atoms with Crippen LogP contribution < -0.4 is 4.72 Å². The number of methoxy groups -OCH3 is 1. The molecule has 2 aromatic carbocycles. The van der Waals surface area contributed by atoms with Gasteiger partial charge < -0.3 is 4.74 Å². The number of ether oxygens (including phenoxy) is 1. The lowest BCUT2D eigenvalue weighted by molar-refractivity contribution is 0.0602. The number of nitrogens with one attached hydrogen (secondary N) is 1. The van der Waals surface area contributed by atoms with E-state index in [1.807, 2.05) is 31.2 Å². The van der Waals surface area contributed by atoms with Gasteiger partial charge in [0.25, 0.3) is 10.0 Å². The Balaban J connectivity index is 2.15. The summed E-state index contributed by atoms with van der Waals surface area (Å²) in [4.78, 5) is 12.1. The molecule has 0 aliphatic heterocycles. The molecule has 0 aliphatic rings. The van der Waals surface area contributed by atoms with Gasteiger partial charge in [0.2, 0.25) is 0 Å². The van der Waals surface area contributed by atoms with Crippen molar-refractivity contribution in [3.8, 4) is 11.1 Å². The first-order valence-corrected chi connectivity index (χ1v) is 10.1. The first kappa shape index (κ1) is 18.2. The SMILES string of the molecule is COC(=O)c1scc(-c2ccc(C)cc2)c1S(=O)(=O)Nc1ccccc1. The van der Waals surface area contributed by atoms with Crippen molar-refractivity contribution in [3.63, 3.8) is 0 Å². The van der Waals surface area contributed by atoms with E-state index < -0.39 is 16.0 Å². The van der Waals surface area contributed by atoms with Crippen LogP contribution in [0, 0.1) is 6.92 Å². The van der Waals surface area contributed by atoms with E-state index in [9.17, 15) is 13.2 Å². The van der Waals surface area contributed by atoms with Crippen molar-refractivity contribution in [2.75, 3.05) is 11.8 Å². The molecule has 1 heterocycles. The summed E-state index contributed by atoms with van der Waals surface area (Å²) in [6.07, 6.45) is 0. The number of sulfonamides is 1. The van der Waals surface area contributed by atoms with Crippen LogP contribution in [0.4, 0.5) is 5.69 Å². The molecule has 0 saturated heterocycles. The molecule has 5 nitrogen and oxygen atoms in total. The summed E-state index contributed by atoms with van der Waals surface area (Å²) >= 11 is 1.05. The molecule has 1 N–H and O–H groups in total. The fourth-order valence-electron chi connectivity index (χ4n) is 2.49. The molecule has 0 atom stereocenters. The second-order valence-electron chi connectivity index (χ2n) is 5.64. The van der Waals surface area contributed by atoms with E-state index in [0.29, 0.717) is 11.3 Å². The van der Waals surface area contributed by atoms with Crippen molar-refractivity contribution >= 4 is 33.0 Å². The van der Waals surface area contributed by atoms with Crippen LogP contribution in [0.15, 0.2) is 64.9 Å². The van der Waals surface area contributed by atoms with Crippen LogP contribution in [0.25, 0.3) is 11.1 Å². The molecule has 1 aromatic heterocycles. The first-order chi connectivity index (χ1) is 12.4.